The van der Waals surface area contributed by atoms with Crippen LogP contribution < -0.4 is 14.5 Å². The zero-order valence-corrected chi connectivity index (χ0v) is 31.0. The Kier molecular flexibility index (Phi) is 10.4. The van der Waals surface area contributed by atoms with E-state index in [1.54, 1.807) is 22.5 Å². The smallest absolute Gasteiger partial charge is 0.387 e. The number of anilines is 2. The number of aromatic nitrogens is 13. The summed E-state index contributed by atoms with van der Waals surface area (Å²) in [4.78, 5) is 26.5. The highest BCUT2D eigenvalue weighted by atomic mass is 35.5. The zero-order chi connectivity index (χ0) is 37.4. The van der Waals surface area contributed by atoms with Crippen molar-refractivity contribution in [2.45, 2.75) is 78.5 Å². The van der Waals surface area contributed by atoms with Gasteiger partial charge in [0.15, 0.2) is 28.7 Å². The van der Waals surface area contributed by atoms with Crippen molar-refractivity contribution in [2.75, 3.05) is 36.0 Å². The summed E-state index contributed by atoms with van der Waals surface area (Å²) in [6.07, 6.45) is 6.28. The molecule has 0 saturated carbocycles. The van der Waals surface area contributed by atoms with Gasteiger partial charge < -0.3 is 14.5 Å². The van der Waals surface area contributed by atoms with Gasteiger partial charge in [-0.05, 0) is 40.0 Å². The number of hydrogen-bond acceptors (Lipinski definition) is 12. The summed E-state index contributed by atoms with van der Waals surface area (Å²) >= 11 is 6.10. The maximum absolute atomic E-state index is 13.4. The molecule has 6 aromatic rings. The first kappa shape index (κ1) is 36.3. The maximum Gasteiger partial charge on any atom is 0.387 e. The maximum atomic E-state index is 13.4. The van der Waals surface area contributed by atoms with Gasteiger partial charge >= 0.3 is 6.61 Å². The Balaban J connectivity index is 0.000000165. The molecule has 0 amide bonds. The summed E-state index contributed by atoms with van der Waals surface area (Å²) in [7, 11) is 3.72. The monoisotopic (exact) mass is 755 g/mol. The molecular formula is C33H41ClF3N15O. The Bertz CT molecular complexity index is 2190. The molecule has 20 heteroatoms. The van der Waals surface area contributed by atoms with E-state index in [9.17, 15) is 13.2 Å². The van der Waals surface area contributed by atoms with Crippen molar-refractivity contribution >= 4 is 34.8 Å². The lowest BCUT2D eigenvalue weighted by Crippen LogP contribution is -2.21. The molecule has 0 bridgehead atoms. The van der Waals surface area contributed by atoms with E-state index in [2.05, 4.69) is 55.0 Å². The number of alkyl halides is 3. The molecule has 0 radical (unpaired) electrons. The van der Waals surface area contributed by atoms with E-state index >= 15 is 0 Å². The van der Waals surface area contributed by atoms with Crippen molar-refractivity contribution in [1.82, 2.24) is 63.7 Å². The molecule has 282 valence electrons. The SMILES string of the molecule is Cc1c(Cl)cc(OC(F)F)c2nc(CCc3nc(N4CCCC4)nn3C)nn12.Cc1ncc(C)n2nc(CCc3nc(N4CC[C@@H](F)C4)nn3C)nc12. The summed E-state index contributed by atoms with van der Waals surface area (Å²) in [5, 5.41) is 18.1. The molecule has 2 saturated heterocycles. The van der Waals surface area contributed by atoms with Gasteiger partial charge in [-0.2, -0.15) is 28.9 Å². The van der Waals surface area contributed by atoms with Crippen LogP contribution in [-0.4, -0.2) is 103 Å². The predicted octanol–water partition coefficient (Wildman–Crippen LogP) is 4.01. The highest BCUT2D eigenvalue weighted by Crippen LogP contribution is 2.28. The fourth-order valence-electron chi connectivity index (χ4n) is 6.44. The number of rotatable bonds is 10. The van der Waals surface area contributed by atoms with Crippen LogP contribution in [-0.2, 0) is 39.8 Å². The van der Waals surface area contributed by atoms with E-state index in [-0.39, 0.29) is 16.4 Å². The van der Waals surface area contributed by atoms with E-state index in [0.29, 0.717) is 62.7 Å². The van der Waals surface area contributed by atoms with Crippen LogP contribution in [0.4, 0.5) is 25.1 Å². The number of pyridine rings is 1. The lowest BCUT2D eigenvalue weighted by Gasteiger charge is -2.10. The minimum Gasteiger partial charge on any atom is -0.431 e. The molecule has 0 aliphatic carbocycles. The van der Waals surface area contributed by atoms with Gasteiger partial charge in [-0.1, -0.05) is 11.6 Å². The number of ether oxygens (including phenoxy) is 1. The van der Waals surface area contributed by atoms with Gasteiger partial charge in [-0.25, -0.2) is 23.4 Å². The lowest BCUT2D eigenvalue weighted by atomic mass is 10.3. The van der Waals surface area contributed by atoms with Gasteiger partial charge in [0.1, 0.15) is 17.8 Å². The molecule has 0 N–H and O–H groups in total. The van der Waals surface area contributed by atoms with Crippen LogP contribution in [0.1, 0.15) is 59.6 Å². The standard InChI is InChI=1S/C17H20ClF2N7O.C16H21FN8/c1-10-11(18)9-12(28-16(19)20)15-21-13(23-27(10)15)5-6-14-22-17(24-25(14)2)26-7-3-4-8-26;1-10-8-18-11(2)15-19-13(21-25(10)15)4-5-14-20-16(22-23(14)3)24-7-6-12(17)9-24/h9,16H,3-8H2,1-2H3;8,12H,4-7,9H2,1-3H3/t;12-/m.1/s1. The fraction of sp³-hybridized carbons (Fsp3) is 0.545. The summed E-state index contributed by atoms with van der Waals surface area (Å²) in [5.41, 5.74) is 3.43. The second-order valence-electron chi connectivity index (χ2n) is 13.3. The molecular weight excluding hydrogens is 715 g/mol. The number of hydrogen-bond donors (Lipinski definition) is 0. The number of aryl methyl sites for hydroxylation is 9. The lowest BCUT2D eigenvalue weighted by molar-refractivity contribution is -0.0491. The zero-order valence-electron chi connectivity index (χ0n) is 30.2. The summed E-state index contributed by atoms with van der Waals surface area (Å²) < 4.78 is 50.1. The van der Waals surface area contributed by atoms with Gasteiger partial charge in [0.2, 0.25) is 11.9 Å². The third kappa shape index (κ3) is 7.84. The van der Waals surface area contributed by atoms with E-state index in [1.807, 2.05) is 37.4 Å². The Morgan fingerprint density at radius 1 is 0.792 bits per heavy atom. The van der Waals surface area contributed by atoms with E-state index in [0.717, 1.165) is 66.4 Å². The molecule has 16 nitrogen and oxygen atoms in total. The van der Waals surface area contributed by atoms with Gasteiger partial charge in [-0.3, -0.25) is 14.3 Å². The first-order valence-corrected chi connectivity index (χ1v) is 17.9. The highest BCUT2D eigenvalue weighted by Gasteiger charge is 2.26. The summed E-state index contributed by atoms with van der Waals surface area (Å²) in [6, 6.07) is 1.34. The second-order valence-corrected chi connectivity index (χ2v) is 13.7. The normalized spacial score (nSPS) is 16.1. The molecule has 1 atom stereocenters. The predicted molar refractivity (Wildman–Crippen MR) is 190 cm³/mol. The van der Waals surface area contributed by atoms with E-state index < -0.39 is 12.8 Å². The molecule has 0 spiro atoms. The van der Waals surface area contributed by atoms with Crippen molar-refractivity contribution in [3.8, 4) is 5.75 Å². The van der Waals surface area contributed by atoms with Crippen molar-refractivity contribution < 1.29 is 17.9 Å². The van der Waals surface area contributed by atoms with Gasteiger partial charge in [0.25, 0.3) is 0 Å². The van der Waals surface area contributed by atoms with Gasteiger partial charge in [-0.15, -0.1) is 10.2 Å². The first-order valence-electron chi connectivity index (χ1n) is 17.5. The summed E-state index contributed by atoms with van der Waals surface area (Å²) in [6.45, 7) is 5.66. The van der Waals surface area contributed by atoms with Crippen molar-refractivity contribution in [1.29, 1.82) is 0 Å². The topological polar surface area (TPSA) is 150 Å². The Morgan fingerprint density at radius 2 is 1.40 bits per heavy atom. The molecule has 53 heavy (non-hydrogen) atoms. The average molecular weight is 756 g/mol. The van der Waals surface area contributed by atoms with Gasteiger partial charge in [0, 0.05) is 71.7 Å². The van der Waals surface area contributed by atoms with Crippen molar-refractivity contribution in [3.63, 3.8) is 0 Å². The molecule has 6 aromatic heterocycles. The fourth-order valence-corrected chi connectivity index (χ4v) is 6.62. The van der Waals surface area contributed by atoms with E-state index in [4.69, 9.17) is 11.6 Å². The van der Waals surface area contributed by atoms with Crippen LogP contribution in [0.5, 0.6) is 5.75 Å². The van der Waals surface area contributed by atoms with Crippen LogP contribution in [0.25, 0.3) is 11.3 Å². The Labute approximate surface area is 308 Å². The van der Waals surface area contributed by atoms with E-state index in [1.165, 1.54) is 10.6 Å². The van der Waals surface area contributed by atoms with Crippen LogP contribution >= 0.6 is 11.6 Å². The molecule has 8 heterocycles. The van der Waals surface area contributed by atoms with Crippen LogP contribution in [0.15, 0.2) is 12.3 Å². The third-order valence-corrected chi connectivity index (χ3v) is 9.78. The Hall–Kier alpha value is -5.07. The van der Waals surface area contributed by atoms with Gasteiger partial charge in [0.05, 0.1) is 28.6 Å². The Morgan fingerprint density at radius 3 is 1.98 bits per heavy atom. The second kappa shape index (κ2) is 15.1. The molecule has 2 aliphatic rings. The van der Waals surface area contributed by atoms with Crippen LogP contribution in [0, 0.1) is 20.8 Å². The highest BCUT2D eigenvalue weighted by molar-refractivity contribution is 6.31. The minimum atomic E-state index is -2.97. The number of nitrogens with zero attached hydrogens (tertiary/aromatic N) is 15. The molecule has 8 rings (SSSR count). The molecule has 0 unspecified atom stereocenters. The van der Waals surface area contributed by atoms with Crippen LogP contribution in [0.2, 0.25) is 5.02 Å². The molecule has 2 aliphatic heterocycles. The largest absolute Gasteiger partial charge is 0.431 e. The van der Waals surface area contributed by atoms with Crippen molar-refractivity contribution in [3.05, 3.63) is 57.7 Å². The minimum absolute atomic E-state index is 0.0978. The third-order valence-electron chi connectivity index (χ3n) is 9.39. The quantitative estimate of drug-likeness (QED) is 0.199. The summed E-state index contributed by atoms with van der Waals surface area (Å²) in [5.74, 6) is 4.18. The molecule has 0 aromatic carbocycles. The molecule has 2 fully saturated rings. The number of fused-ring (bicyclic) bond motifs is 2. The van der Waals surface area contributed by atoms with Crippen LogP contribution in [0.3, 0.4) is 0 Å². The number of halogens is 4. The average Bonchev–Trinajstić information content (AvgIpc) is 3.96. The first-order chi connectivity index (χ1) is 25.4. The van der Waals surface area contributed by atoms with Crippen molar-refractivity contribution in [2.24, 2.45) is 14.1 Å².